The summed E-state index contributed by atoms with van der Waals surface area (Å²) in [6.45, 7) is 10.1. The Morgan fingerprint density at radius 2 is 0.879 bits per heavy atom. The summed E-state index contributed by atoms with van der Waals surface area (Å²) < 4.78 is 21.3. The van der Waals surface area contributed by atoms with Gasteiger partial charge in [-0.15, -0.1) is 0 Å². The van der Waals surface area contributed by atoms with E-state index in [1.54, 1.807) is 0 Å². The maximum absolute atomic E-state index is 5.68. The molecule has 0 spiro atoms. The molecular weight excluding hydrogens is 412 g/mol. The zero-order valence-electron chi connectivity index (χ0n) is 21.1. The van der Waals surface area contributed by atoms with Gasteiger partial charge in [-0.2, -0.15) is 0 Å². The van der Waals surface area contributed by atoms with Crippen LogP contribution in [0.2, 0.25) is 0 Å². The van der Waals surface area contributed by atoms with Gasteiger partial charge in [0.2, 0.25) is 0 Å². The van der Waals surface area contributed by atoms with Gasteiger partial charge in [-0.25, -0.2) is 9.13 Å². The van der Waals surface area contributed by atoms with E-state index in [9.17, 15) is 0 Å². The Morgan fingerprint density at radius 1 is 0.515 bits per heavy atom. The van der Waals surface area contributed by atoms with Crippen molar-refractivity contribution in [3.05, 3.63) is 60.2 Å². The lowest BCUT2D eigenvalue weighted by atomic mass is 10.1. The Morgan fingerprint density at radius 3 is 1.24 bits per heavy atom. The number of aryl methyl sites for hydroxylation is 2. The van der Waals surface area contributed by atoms with Crippen molar-refractivity contribution in [2.24, 2.45) is 0 Å². The predicted octanol–water partition coefficient (Wildman–Crippen LogP) is 4.48. The van der Waals surface area contributed by atoms with E-state index in [0.29, 0.717) is 39.6 Å². The fourth-order valence-corrected chi connectivity index (χ4v) is 3.65. The minimum Gasteiger partial charge on any atom is -0.377 e. The SMILES string of the molecule is CCCCCc1cc[n+](CCOCCOCCOCC[n+]2ccc(CCCCC)cc2)cc1. The molecule has 0 radical (unpaired) electrons. The van der Waals surface area contributed by atoms with Gasteiger partial charge in [-0.3, -0.25) is 0 Å². The Balaban J connectivity index is 1.39. The van der Waals surface area contributed by atoms with Gasteiger partial charge in [0.05, 0.1) is 26.4 Å². The average molecular weight is 459 g/mol. The van der Waals surface area contributed by atoms with E-state index >= 15 is 0 Å². The van der Waals surface area contributed by atoms with Crippen LogP contribution < -0.4 is 9.13 Å². The molecule has 0 aliphatic heterocycles. The monoisotopic (exact) mass is 458 g/mol. The molecule has 0 bridgehead atoms. The third-order valence-electron chi connectivity index (χ3n) is 5.79. The number of hydrogen-bond donors (Lipinski definition) is 0. The van der Waals surface area contributed by atoms with Crippen molar-refractivity contribution >= 4 is 0 Å². The van der Waals surface area contributed by atoms with E-state index in [1.165, 1.54) is 62.5 Å². The molecule has 2 aromatic heterocycles. The van der Waals surface area contributed by atoms with Crippen LogP contribution in [0, 0.1) is 0 Å². The topological polar surface area (TPSA) is 35.5 Å². The first-order valence-corrected chi connectivity index (χ1v) is 13.0. The van der Waals surface area contributed by atoms with E-state index < -0.39 is 0 Å². The van der Waals surface area contributed by atoms with Crippen molar-refractivity contribution in [3.63, 3.8) is 0 Å². The van der Waals surface area contributed by atoms with Gasteiger partial charge >= 0.3 is 0 Å². The summed E-state index contributed by atoms with van der Waals surface area (Å²) in [5, 5.41) is 0. The van der Waals surface area contributed by atoms with Gasteiger partial charge in [0.1, 0.15) is 13.2 Å². The molecule has 0 N–H and O–H groups in total. The molecule has 0 saturated carbocycles. The summed E-state index contributed by atoms with van der Waals surface area (Å²) in [6.07, 6.45) is 18.7. The van der Waals surface area contributed by atoms with E-state index in [0.717, 1.165) is 13.1 Å². The molecule has 5 nitrogen and oxygen atoms in total. The van der Waals surface area contributed by atoms with Gasteiger partial charge in [0, 0.05) is 24.3 Å². The Kier molecular flexibility index (Phi) is 15.4. The van der Waals surface area contributed by atoms with E-state index in [2.05, 4.69) is 72.0 Å². The van der Waals surface area contributed by atoms with Crippen LogP contribution in [0.25, 0.3) is 0 Å². The zero-order valence-corrected chi connectivity index (χ0v) is 21.1. The lowest BCUT2D eigenvalue weighted by Crippen LogP contribution is -2.35. The second kappa shape index (κ2) is 18.6. The minimum absolute atomic E-state index is 0.610. The van der Waals surface area contributed by atoms with Crippen molar-refractivity contribution in [1.29, 1.82) is 0 Å². The molecule has 0 saturated heterocycles. The summed E-state index contributed by atoms with van der Waals surface area (Å²) in [5.41, 5.74) is 2.84. The summed E-state index contributed by atoms with van der Waals surface area (Å²) >= 11 is 0. The van der Waals surface area contributed by atoms with Gasteiger partial charge in [0.25, 0.3) is 0 Å². The van der Waals surface area contributed by atoms with Gasteiger partial charge in [-0.1, -0.05) is 39.5 Å². The highest BCUT2D eigenvalue weighted by atomic mass is 16.5. The fraction of sp³-hybridized carbons (Fsp3) is 0.643. The summed E-state index contributed by atoms with van der Waals surface area (Å²) in [4.78, 5) is 0. The molecule has 0 unspecified atom stereocenters. The molecule has 33 heavy (non-hydrogen) atoms. The van der Waals surface area contributed by atoms with Crippen LogP contribution in [0.4, 0.5) is 0 Å². The first-order chi connectivity index (χ1) is 16.3. The van der Waals surface area contributed by atoms with E-state index in [4.69, 9.17) is 14.2 Å². The van der Waals surface area contributed by atoms with E-state index in [-0.39, 0.29) is 0 Å². The van der Waals surface area contributed by atoms with Gasteiger partial charge in [0.15, 0.2) is 37.9 Å². The summed E-state index contributed by atoms with van der Waals surface area (Å²) in [6, 6.07) is 8.89. The van der Waals surface area contributed by atoms with Crippen molar-refractivity contribution < 1.29 is 23.3 Å². The Hall–Kier alpha value is -1.82. The molecule has 0 aromatic carbocycles. The number of ether oxygens (including phenoxy) is 3. The van der Waals surface area contributed by atoms with Crippen molar-refractivity contribution in [2.75, 3.05) is 39.6 Å². The van der Waals surface area contributed by atoms with Crippen LogP contribution in [0.3, 0.4) is 0 Å². The second-order valence-electron chi connectivity index (χ2n) is 8.64. The van der Waals surface area contributed by atoms with E-state index in [1.807, 2.05) is 0 Å². The number of hydrogen-bond acceptors (Lipinski definition) is 3. The number of rotatable bonds is 20. The molecular formula is C28H46N2O3+2. The van der Waals surface area contributed by atoms with Gasteiger partial charge < -0.3 is 14.2 Å². The van der Waals surface area contributed by atoms with Crippen LogP contribution in [-0.2, 0) is 40.1 Å². The molecule has 0 aliphatic rings. The maximum Gasteiger partial charge on any atom is 0.171 e. The second-order valence-corrected chi connectivity index (χ2v) is 8.64. The molecule has 2 heterocycles. The Labute approximate surface area is 201 Å². The number of unbranched alkanes of at least 4 members (excludes halogenated alkanes) is 4. The average Bonchev–Trinajstić information content (AvgIpc) is 2.84. The Bertz CT molecular complexity index is 643. The van der Waals surface area contributed by atoms with Crippen molar-refractivity contribution in [3.8, 4) is 0 Å². The first kappa shape index (κ1) is 27.4. The maximum atomic E-state index is 5.68. The van der Waals surface area contributed by atoms with Crippen LogP contribution in [-0.4, -0.2) is 39.6 Å². The highest BCUT2D eigenvalue weighted by Crippen LogP contribution is 2.05. The molecule has 2 aromatic rings. The lowest BCUT2D eigenvalue weighted by molar-refractivity contribution is -0.698. The molecule has 0 atom stereocenters. The number of aromatic nitrogens is 2. The molecule has 0 fully saturated rings. The number of pyridine rings is 2. The third-order valence-corrected chi connectivity index (χ3v) is 5.79. The standard InChI is InChI=1S/C28H46N2O3/c1-3-5-7-9-27-11-15-29(16-12-27)19-21-31-23-25-33-26-24-32-22-20-30-17-13-28(14-18-30)10-8-6-4-2/h11-18H,3-10,19-26H2,1-2H3/q+2. The first-order valence-electron chi connectivity index (χ1n) is 13.0. The van der Waals surface area contributed by atoms with Crippen LogP contribution in [0.5, 0.6) is 0 Å². The zero-order chi connectivity index (χ0) is 23.4. The smallest absolute Gasteiger partial charge is 0.171 e. The molecule has 184 valence electrons. The largest absolute Gasteiger partial charge is 0.377 e. The lowest BCUT2D eigenvalue weighted by Gasteiger charge is -2.06. The van der Waals surface area contributed by atoms with Crippen molar-refractivity contribution in [2.45, 2.75) is 78.3 Å². The third kappa shape index (κ3) is 13.5. The van der Waals surface area contributed by atoms with Crippen LogP contribution >= 0.6 is 0 Å². The highest BCUT2D eigenvalue weighted by Gasteiger charge is 2.03. The quantitative estimate of drug-likeness (QED) is 0.217. The minimum atomic E-state index is 0.610. The van der Waals surface area contributed by atoms with Crippen molar-refractivity contribution in [1.82, 2.24) is 0 Å². The molecule has 0 amide bonds. The molecule has 0 aliphatic carbocycles. The fourth-order valence-electron chi connectivity index (χ4n) is 3.65. The summed E-state index contributed by atoms with van der Waals surface area (Å²) in [5.74, 6) is 0. The number of nitrogens with zero attached hydrogens (tertiary/aromatic N) is 2. The molecule has 5 heteroatoms. The highest BCUT2D eigenvalue weighted by molar-refractivity contribution is 5.07. The summed E-state index contributed by atoms with van der Waals surface area (Å²) in [7, 11) is 0. The molecule has 2 rings (SSSR count). The van der Waals surface area contributed by atoms with Gasteiger partial charge in [-0.05, 0) is 36.8 Å². The predicted molar refractivity (Wildman–Crippen MR) is 132 cm³/mol. The van der Waals surface area contributed by atoms with Crippen LogP contribution in [0.1, 0.15) is 63.5 Å². The van der Waals surface area contributed by atoms with Crippen LogP contribution in [0.15, 0.2) is 49.1 Å². The normalized spacial score (nSPS) is 11.2.